The van der Waals surface area contributed by atoms with E-state index in [-0.39, 0.29) is 0 Å². The van der Waals surface area contributed by atoms with Crippen LogP contribution in [0.1, 0.15) is 33.1 Å². The summed E-state index contributed by atoms with van der Waals surface area (Å²) in [5, 5.41) is 3.30. The number of nitrogens with zero attached hydrogens (tertiary/aromatic N) is 1. The van der Waals surface area contributed by atoms with E-state index in [1.54, 1.807) is 0 Å². The maximum Gasteiger partial charge on any atom is 0.0223 e. The zero-order valence-corrected chi connectivity index (χ0v) is 9.84. The Bertz CT molecular complexity index is 181. The second kappa shape index (κ2) is 6.20. The molecule has 1 aliphatic rings. The summed E-state index contributed by atoms with van der Waals surface area (Å²) in [4.78, 5) is 2.62. The van der Waals surface area contributed by atoms with Crippen LogP contribution in [0.5, 0.6) is 0 Å². The largest absolute Gasteiger partial charge is 0.318 e. The molecule has 82 valence electrons. The smallest absolute Gasteiger partial charge is 0.0223 e. The van der Waals surface area contributed by atoms with Crippen molar-refractivity contribution in [1.82, 2.24) is 10.2 Å². The summed E-state index contributed by atoms with van der Waals surface area (Å²) >= 11 is 0. The van der Waals surface area contributed by atoms with Crippen molar-refractivity contribution in [2.75, 3.05) is 26.7 Å². The molecule has 1 heterocycles. The molecule has 1 aliphatic heterocycles. The molecule has 0 bridgehead atoms. The summed E-state index contributed by atoms with van der Waals surface area (Å²) in [6.45, 7) is 8.06. The van der Waals surface area contributed by atoms with E-state index in [4.69, 9.17) is 0 Å². The van der Waals surface area contributed by atoms with Gasteiger partial charge in [-0.05, 0) is 26.8 Å². The average molecular weight is 196 g/mol. The molecular formula is C12H24N2. The molecular weight excluding hydrogens is 172 g/mol. The monoisotopic (exact) mass is 196 g/mol. The van der Waals surface area contributed by atoms with Crippen LogP contribution >= 0.6 is 0 Å². The SMILES string of the molecule is CCCC(CNC)N1CCC=C(C)C1. The molecule has 1 N–H and O–H groups in total. The van der Waals surface area contributed by atoms with Gasteiger partial charge in [-0.25, -0.2) is 0 Å². The van der Waals surface area contributed by atoms with Crippen molar-refractivity contribution >= 4 is 0 Å². The number of nitrogens with one attached hydrogen (secondary N) is 1. The normalized spacial score (nSPS) is 20.6. The molecule has 0 aromatic heterocycles. The minimum absolute atomic E-state index is 0.730. The standard InChI is InChI=1S/C12H24N2/c1-4-6-12(9-13-3)14-8-5-7-11(2)10-14/h7,12-13H,4-6,8-10H2,1-3H3. The predicted octanol–water partition coefficient (Wildman–Crippen LogP) is 2.03. The summed E-state index contributed by atoms with van der Waals surface area (Å²) < 4.78 is 0. The lowest BCUT2D eigenvalue weighted by Gasteiger charge is -2.34. The highest BCUT2D eigenvalue weighted by molar-refractivity contribution is 5.05. The molecule has 0 aromatic carbocycles. The van der Waals surface area contributed by atoms with Gasteiger partial charge in [0, 0.05) is 25.7 Å². The fourth-order valence-electron chi connectivity index (χ4n) is 2.23. The maximum absolute atomic E-state index is 3.30. The summed E-state index contributed by atoms with van der Waals surface area (Å²) in [5.41, 5.74) is 1.54. The van der Waals surface area contributed by atoms with Gasteiger partial charge in [0.05, 0.1) is 0 Å². The third-order valence-electron chi connectivity index (χ3n) is 2.94. The first-order chi connectivity index (χ1) is 6.77. The number of hydrogen-bond donors (Lipinski definition) is 1. The third kappa shape index (κ3) is 3.43. The van der Waals surface area contributed by atoms with E-state index < -0.39 is 0 Å². The lowest BCUT2D eigenvalue weighted by atomic mass is 10.1. The molecule has 0 spiro atoms. The van der Waals surface area contributed by atoms with E-state index in [0.29, 0.717) is 0 Å². The zero-order valence-electron chi connectivity index (χ0n) is 9.84. The molecule has 0 saturated heterocycles. The summed E-state index contributed by atoms with van der Waals surface area (Å²) in [5.74, 6) is 0. The molecule has 0 amide bonds. The van der Waals surface area contributed by atoms with Crippen molar-refractivity contribution in [2.45, 2.75) is 39.2 Å². The van der Waals surface area contributed by atoms with Crippen LogP contribution in [0.15, 0.2) is 11.6 Å². The quantitative estimate of drug-likeness (QED) is 0.677. The Balaban J connectivity index is 2.46. The van der Waals surface area contributed by atoms with E-state index in [2.05, 4.69) is 37.2 Å². The van der Waals surface area contributed by atoms with Crippen molar-refractivity contribution in [1.29, 1.82) is 0 Å². The molecule has 1 rings (SSSR count). The van der Waals surface area contributed by atoms with E-state index in [1.165, 1.54) is 37.9 Å². The molecule has 2 nitrogen and oxygen atoms in total. The maximum atomic E-state index is 3.30. The van der Waals surface area contributed by atoms with Crippen LogP contribution in [0, 0.1) is 0 Å². The zero-order chi connectivity index (χ0) is 10.4. The second-order valence-corrected chi connectivity index (χ2v) is 4.31. The second-order valence-electron chi connectivity index (χ2n) is 4.31. The van der Waals surface area contributed by atoms with Gasteiger partial charge in [-0.2, -0.15) is 0 Å². The molecule has 2 heteroatoms. The lowest BCUT2D eigenvalue weighted by Crippen LogP contribution is -2.44. The Hall–Kier alpha value is -0.340. The van der Waals surface area contributed by atoms with Gasteiger partial charge in [0.2, 0.25) is 0 Å². The van der Waals surface area contributed by atoms with Gasteiger partial charge in [0.25, 0.3) is 0 Å². The van der Waals surface area contributed by atoms with Crippen LogP contribution in [0.4, 0.5) is 0 Å². The third-order valence-corrected chi connectivity index (χ3v) is 2.94. The number of rotatable bonds is 5. The molecule has 1 atom stereocenters. The van der Waals surface area contributed by atoms with Crippen molar-refractivity contribution < 1.29 is 0 Å². The van der Waals surface area contributed by atoms with Gasteiger partial charge in [0.1, 0.15) is 0 Å². The van der Waals surface area contributed by atoms with Gasteiger partial charge in [0.15, 0.2) is 0 Å². The van der Waals surface area contributed by atoms with E-state index in [0.717, 1.165) is 12.6 Å². The van der Waals surface area contributed by atoms with Crippen LogP contribution in [-0.2, 0) is 0 Å². The highest BCUT2D eigenvalue weighted by atomic mass is 15.2. The molecule has 14 heavy (non-hydrogen) atoms. The highest BCUT2D eigenvalue weighted by Crippen LogP contribution is 2.14. The van der Waals surface area contributed by atoms with Crippen LogP contribution in [0.2, 0.25) is 0 Å². The van der Waals surface area contributed by atoms with Crippen LogP contribution in [-0.4, -0.2) is 37.6 Å². The number of hydrogen-bond acceptors (Lipinski definition) is 2. The Morgan fingerprint density at radius 2 is 2.36 bits per heavy atom. The minimum Gasteiger partial charge on any atom is -0.318 e. The first-order valence-corrected chi connectivity index (χ1v) is 5.82. The fraction of sp³-hybridized carbons (Fsp3) is 0.833. The molecule has 0 saturated carbocycles. The first kappa shape index (κ1) is 11.7. The van der Waals surface area contributed by atoms with Gasteiger partial charge in [-0.1, -0.05) is 25.0 Å². The fourth-order valence-corrected chi connectivity index (χ4v) is 2.23. The van der Waals surface area contributed by atoms with E-state index in [9.17, 15) is 0 Å². The van der Waals surface area contributed by atoms with Crippen molar-refractivity contribution in [3.63, 3.8) is 0 Å². The Kier molecular flexibility index (Phi) is 5.20. The summed E-state index contributed by atoms with van der Waals surface area (Å²) in [6.07, 6.45) is 6.20. The molecule has 0 fully saturated rings. The lowest BCUT2D eigenvalue weighted by molar-refractivity contribution is 0.194. The van der Waals surface area contributed by atoms with Gasteiger partial charge in [-0.3, -0.25) is 4.90 Å². The van der Waals surface area contributed by atoms with Gasteiger partial charge < -0.3 is 5.32 Å². The average Bonchev–Trinajstić information content (AvgIpc) is 2.17. The minimum atomic E-state index is 0.730. The van der Waals surface area contributed by atoms with E-state index >= 15 is 0 Å². The Morgan fingerprint density at radius 1 is 1.57 bits per heavy atom. The summed E-state index contributed by atoms with van der Waals surface area (Å²) in [7, 11) is 2.05. The van der Waals surface area contributed by atoms with Crippen molar-refractivity contribution in [2.24, 2.45) is 0 Å². The van der Waals surface area contributed by atoms with Crippen LogP contribution in [0.25, 0.3) is 0 Å². The molecule has 0 radical (unpaired) electrons. The molecule has 0 aliphatic carbocycles. The number of likely N-dealkylation sites (N-methyl/N-ethyl adjacent to an activating group) is 1. The van der Waals surface area contributed by atoms with Gasteiger partial charge in [-0.15, -0.1) is 0 Å². The topological polar surface area (TPSA) is 15.3 Å². The first-order valence-electron chi connectivity index (χ1n) is 5.82. The Morgan fingerprint density at radius 3 is 2.93 bits per heavy atom. The highest BCUT2D eigenvalue weighted by Gasteiger charge is 2.18. The van der Waals surface area contributed by atoms with Gasteiger partial charge >= 0.3 is 0 Å². The van der Waals surface area contributed by atoms with Crippen LogP contribution in [0.3, 0.4) is 0 Å². The van der Waals surface area contributed by atoms with Crippen molar-refractivity contribution in [3.05, 3.63) is 11.6 Å². The van der Waals surface area contributed by atoms with Crippen LogP contribution < -0.4 is 5.32 Å². The van der Waals surface area contributed by atoms with Crippen molar-refractivity contribution in [3.8, 4) is 0 Å². The summed E-state index contributed by atoms with van der Waals surface area (Å²) in [6, 6.07) is 0.730. The molecule has 1 unspecified atom stereocenters. The Labute approximate surface area is 88.4 Å². The molecule has 0 aromatic rings. The predicted molar refractivity (Wildman–Crippen MR) is 62.6 cm³/mol. The van der Waals surface area contributed by atoms with E-state index in [1.807, 2.05) is 0 Å².